The molecule has 0 aliphatic heterocycles. The zero-order chi connectivity index (χ0) is 16.4. The Bertz CT molecular complexity index is 860. The minimum Gasteiger partial charge on any atom is -0.333 e. The van der Waals surface area contributed by atoms with E-state index in [4.69, 9.17) is 5.26 Å². The van der Waals surface area contributed by atoms with Crippen molar-refractivity contribution in [2.45, 2.75) is 13.0 Å². The van der Waals surface area contributed by atoms with Crippen molar-refractivity contribution in [3.8, 4) is 6.07 Å². The summed E-state index contributed by atoms with van der Waals surface area (Å²) in [5, 5.41) is 9.74. The normalized spacial score (nSPS) is 11.9. The quantitative estimate of drug-likeness (QED) is 0.732. The van der Waals surface area contributed by atoms with Crippen LogP contribution in [-0.4, -0.2) is 22.8 Å². The average molecular weight is 321 g/mol. The van der Waals surface area contributed by atoms with Crippen LogP contribution in [0.15, 0.2) is 48.5 Å². The topological polar surface area (TPSA) is 57.0 Å². The highest BCUT2D eigenvalue weighted by atomic mass is 32.1. The largest absolute Gasteiger partial charge is 0.333 e. The van der Waals surface area contributed by atoms with Crippen LogP contribution in [-0.2, 0) is 0 Å². The van der Waals surface area contributed by atoms with Crippen molar-refractivity contribution >= 4 is 27.5 Å². The summed E-state index contributed by atoms with van der Waals surface area (Å²) < 4.78 is 1.12. The molecule has 0 radical (unpaired) electrons. The van der Waals surface area contributed by atoms with Crippen molar-refractivity contribution in [1.82, 2.24) is 9.88 Å². The van der Waals surface area contributed by atoms with Crippen LogP contribution in [0, 0.1) is 11.3 Å². The molecule has 5 heteroatoms. The molecule has 0 aliphatic rings. The number of rotatable bonds is 3. The zero-order valence-corrected chi connectivity index (χ0v) is 13.7. The Balaban J connectivity index is 1.84. The first-order chi connectivity index (χ1) is 11.1. The summed E-state index contributed by atoms with van der Waals surface area (Å²) in [6.45, 7) is 1.97. The number of hydrogen-bond donors (Lipinski definition) is 0. The molecule has 0 saturated carbocycles. The van der Waals surface area contributed by atoms with Gasteiger partial charge in [-0.25, -0.2) is 4.98 Å². The summed E-state index contributed by atoms with van der Waals surface area (Å²) in [4.78, 5) is 18.9. The van der Waals surface area contributed by atoms with Crippen LogP contribution in [0.2, 0.25) is 0 Å². The SMILES string of the molecule is CC(c1nc2ccccc2s1)N(C)C(=O)c1ccc(C#N)cc1. The Labute approximate surface area is 138 Å². The molecular weight excluding hydrogens is 306 g/mol. The van der Waals surface area contributed by atoms with Gasteiger partial charge in [0.05, 0.1) is 27.9 Å². The molecule has 0 saturated heterocycles. The van der Waals surface area contributed by atoms with E-state index in [1.165, 1.54) is 0 Å². The van der Waals surface area contributed by atoms with Crippen molar-refractivity contribution < 1.29 is 4.79 Å². The Morgan fingerprint density at radius 3 is 2.57 bits per heavy atom. The number of fused-ring (bicyclic) bond motifs is 1. The minimum atomic E-state index is -0.115. The Morgan fingerprint density at radius 1 is 1.22 bits per heavy atom. The zero-order valence-electron chi connectivity index (χ0n) is 12.9. The summed E-state index contributed by atoms with van der Waals surface area (Å²) in [5.74, 6) is -0.0822. The van der Waals surface area contributed by atoms with Crippen LogP contribution < -0.4 is 0 Å². The molecule has 0 N–H and O–H groups in total. The van der Waals surface area contributed by atoms with Gasteiger partial charge >= 0.3 is 0 Å². The lowest BCUT2D eigenvalue weighted by Crippen LogP contribution is -2.29. The second-order valence-corrected chi connectivity index (χ2v) is 6.36. The smallest absolute Gasteiger partial charge is 0.254 e. The highest BCUT2D eigenvalue weighted by Crippen LogP contribution is 2.29. The molecule has 0 fully saturated rings. The number of carbonyl (C=O) groups excluding carboxylic acids is 1. The lowest BCUT2D eigenvalue weighted by molar-refractivity contribution is 0.0742. The third-order valence-corrected chi connectivity index (χ3v) is 5.04. The minimum absolute atomic E-state index is 0.0822. The molecule has 3 aromatic rings. The van der Waals surface area contributed by atoms with Crippen LogP contribution in [0.25, 0.3) is 10.2 Å². The second kappa shape index (κ2) is 6.19. The first kappa shape index (κ1) is 15.2. The summed E-state index contributed by atoms with van der Waals surface area (Å²) in [6.07, 6.45) is 0. The average Bonchev–Trinajstić information content (AvgIpc) is 3.04. The molecule has 23 heavy (non-hydrogen) atoms. The monoisotopic (exact) mass is 321 g/mol. The highest BCUT2D eigenvalue weighted by molar-refractivity contribution is 7.18. The maximum atomic E-state index is 12.6. The van der Waals surface area contributed by atoms with E-state index < -0.39 is 0 Å². The highest BCUT2D eigenvalue weighted by Gasteiger charge is 2.21. The van der Waals surface area contributed by atoms with Gasteiger partial charge in [0.25, 0.3) is 5.91 Å². The first-order valence-electron chi connectivity index (χ1n) is 7.23. The predicted molar refractivity (Wildman–Crippen MR) is 91.3 cm³/mol. The van der Waals surface area contributed by atoms with Crippen molar-refractivity contribution in [1.29, 1.82) is 5.26 Å². The third kappa shape index (κ3) is 2.94. The van der Waals surface area contributed by atoms with Crippen LogP contribution in [0.5, 0.6) is 0 Å². The number of amides is 1. The van der Waals surface area contributed by atoms with Crippen molar-refractivity contribution in [2.75, 3.05) is 7.05 Å². The molecule has 1 atom stereocenters. The van der Waals surface area contributed by atoms with Gasteiger partial charge in [-0.2, -0.15) is 5.26 Å². The van der Waals surface area contributed by atoms with E-state index in [0.717, 1.165) is 15.2 Å². The molecule has 114 valence electrons. The third-order valence-electron chi connectivity index (χ3n) is 3.83. The molecule has 1 unspecified atom stereocenters. The van der Waals surface area contributed by atoms with Crippen LogP contribution in [0.4, 0.5) is 0 Å². The number of carbonyl (C=O) groups is 1. The molecule has 1 amide bonds. The van der Waals surface area contributed by atoms with E-state index in [0.29, 0.717) is 11.1 Å². The number of nitrogens with zero attached hydrogens (tertiary/aromatic N) is 3. The number of thiazole rings is 1. The Hall–Kier alpha value is -2.71. The summed E-state index contributed by atoms with van der Waals surface area (Å²) in [7, 11) is 1.78. The van der Waals surface area contributed by atoms with E-state index >= 15 is 0 Å². The van der Waals surface area contributed by atoms with Gasteiger partial charge in [-0.1, -0.05) is 12.1 Å². The molecule has 4 nitrogen and oxygen atoms in total. The van der Waals surface area contributed by atoms with E-state index in [2.05, 4.69) is 11.1 Å². The second-order valence-electron chi connectivity index (χ2n) is 5.30. The number of aromatic nitrogens is 1. The van der Waals surface area contributed by atoms with Crippen molar-refractivity contribution in [3.63, 3.8) is 0 Å². The summed E-state index contributed by atoms with van der Waals surface area (Å²) in [5.41, 5.74) is 2.07. The van der Waals surface area contributed by atoms with Gasteiger partial charge in [0, 0.05) is 12.6 Å². The molecule has 2 aromatic carbocycles. The maximum Gasteiger partial charge on any atom is 0.254 e. The number of benzene rings is 2. The molecule has 0 spiro atoms. The maximum absolute atomic E-state index is 12.6. The lowest BCUT2D eigenvalue weighted by Gasteiger charge is -2.23. The molecule has 0 aliphatic carbocycles. The van der Waals surface area contributed by atoms with Gasteiger partial charge in [-0.15, -0.1) is 11.3 Å². The van der Waals surface area contributed by atoms with Gasteiger partial charge in [0.1, 0.15) is 5.01 Å². The number of nitriles is 1. The van der Waals surface area contributed by atoms with Gasteiger partial charge in [0.2, 0.25) is 0 Å². The molecule has 1 heterocycles. The molecular formula is C18H15N3OS. The standard InChI is InChI=1S/C18H15N3OS/c1-12(17-20-15-5-3-4-6-16(15)23-17)21(2)18(22)14-9-7-13(11-19)8-10-14/h3-10,12H,1-2H3. The van der Waals surface area contributed by atoms with E-state index in [-0.39, 0.29) is 11.9 Å². The fourth-order valence-corrected chi connectivity index (χ4v) is 3.36. The van der Waals surface area contributed by atoms with Crippen LogP contribution in [0.3, 0.4) is 0 Å². The predicted octanol–water partition coefficient (Wildman–Crippen LogP) is 4.00. The summed E-state index contributed by atoms with van der Waals surface area (Å²) in [6, 6.07) is 16.6. The van der Waals surface area contributed by atoms with Gasteiger partial charge in [0.15, 0.2) is 0 Å². The van der Waals surface area contributed by atoms with E-state index in [9.17, 15) is 4.79 Å². The van der Waals surface area contributed by atoms with E-state index in [1.807, 2.05) is 31.2 Å². The number of hydrogen-bond acceptors (Lipinski definition) is 4. The lowest BCUT2D eigenvalue weighted by atomic mass is 10.1. The van der Waals surface area contributed by atoms with Gasteiger partial charge in [-0.3, -0.25) is 4.79 Å². The van der Waals surface area contributed by atoms with Crippen LogP contribution >= 0.6 is 11.3 Å². The van der Waals surface area contributed by atoms with Crippen molar-refractivity contribution in [2.24, 2.45) is 0 Å². The van der Waals surface area contributed by atoms with Gasteiger partial charge < -0.3 is 4.90 Å². The number of para-hydroxylation sites is 1. The van der Waals surface area contributed by atoms with Crippen LogP contribution in [0.1, 0.15) is 33.9 Å². The molecule has 0 bridgehead atoms. The Kier molecular flexibility index (Phi) is 4.09. The Morgan fingerprint density at radius 2 is 1.91 bits per heavy atom. The molecule has 1 aromatic heterocycles. The van der Waals surface area contributed by atoms with E-state index in [1.54, 1.807) is 47.5 Å². The fraction of sp³-hybridized carbons (Fsp3) is 0.167. The summed E-state index contributed by atoms with van der Waals surface area (Å²) >= 11 is 1.60. The van der Waals surface area contributed by atoms with Gasteiger partial charge in [-0.05, 0) is 43.3 Å². The molecule has 3 rings (SSSR count). The first-order valence-corrected chi connectivity index (χ1v) is 8.04. The fourth-order valence-electron chi connectivity index (χ4n) is 2.30. The van der Waals surface area contributed by atoms with Crippen molar-refractivity contribution in [3.05, 3.63) is 64.7 Å².